The molecule has 9 heteroatoms. The maximum absolute atomic E-state index is 14.9. The second kappa shape index (κ2) is 8.48. The van der Waals surface area contributed by atoms with Crippen molar-refractivity contribution in [3.63, 3.8) is 0 Å². The van der Waals surface area contributed by atoms with E-state index in [0.29, 0.717) is 25.9 Å². The van der Waals surface area contributed by atoms with Gasteiger partial charge >= 0.3 is 0 Å². The topological polar surface area (TPSA) is 111 Å². The number of piperidine rings is 1. The summed E-state index contributed by atoms with van der Waals surface area (Å²) < 4.78 is 46.0. The maximum atomic E-state index is 14.9. The van der Waals surface area contributed by atoms with Crippen molar-refractivity contribution < 1.29 is 22.3 Å². The summed E-state index contributed by atoms with van der Waals surface area (Å²) in [7, 11) is -3.06. The predicted octanol–water partition coefficient (Wildman–Crippen LogP) is 1.71. The molecule has 7 nitrogen and oxygen atoms in total. The number of amides is 1. The highest BCUT2D eigenvalue weighted by molar-refractivity contribution is 7.90. The number of ether oxygens (including phenoxy) is 1. The van der Waals surface area contributed by atoms with Gasteiger partial charge in [0.05, 0.1) is 12.7 Å². The normalized spacial score (nSPS) is 17.3. The minimum absolute atomic E-state index is 0.133. The molecule has 3 rings (SSSR count). The van der Waals surface area contributed by atoms with Gasteiger partial charge in [-0.25, -0.2) is 17.9 Å². The zero-order chi connectivity index (χ0) is 21.1. The number of nitrogens with one attached hydrogen (secondary N) is 2. The lowest BCUT2D eigenvalue weighted by Gasteiger charge is -2.41. The van der Waals surface area contributed by atoms with Crippen molar-refractivity contribution in [2.75, 3.05) is 20.2 Å². The molecule has 1 amide bonds. The van der Waals surface area contributed by atoms with E-state index in [0.717, 1.165) is 6.07 Å². The van der Waals surface area contributed by atoms with Gasteiger partial charge in [-0.1, -0.05) is 30.3 Å². The van der Waals surface area contributed by atoms with Gasteiger partial charge < -0.3 is 15.4 Å². The largest absolute Gasteiger partial charge is 0.496 e. The highest BCUT2D eigenvalue weighted by Gasteiger charge is 2.53. The molecule has 0 aromatic heterocycles. The van der Waals surface area contributed by atoms with E-state index < -0.39 is 32.5 Å². The van der Waals surface area contributed by atoms with Crippen LogP contribution < -0.4 is 20.5 Å². The number of carbonyl (C=O) groups excluding carboxylic acids is 1. The van der Waals surface area contributed by atoms with Crippen molar-refractivity contribution in [3.8, 4) is 5.75 Å². The summed E-state index contributed by atoms with van der Waals surface area (Å²) in [5.74, 6) is -1.81. The molecular formula is C20H24FN3O4S. The minimum Gasteiger partial charge on any atom is -0.496 e. The number of halogens is 1. The summed E-state index contributed by atoms with van der Waals surface area (Å²) in [5.41, 5.74) is -0.0362. The molecule has 1 saturated heterocycles. The lowest BCUT2D eigenvalue weighted by molar-refractivity contribution is 0.0885. The number of nitrogens with two attached hydrogens (primary N) is 1. The third-order valence-electron chi connectivity index (χ3n) is 5.29. The van der Waals surface area contributed by atoms with Crippen LogP contribution in [0.2, 0.25) is 0 Å². The fourth-order valence-electron chi connectivity index (χ4n) is 3.91. The molecule has 2 aromatic rings. The van der Waals surface area contributed by atoms with Crippen molar-refractivity contribution in [1.82, 2.24) is 10.6 Å². The molecule has 0 radical (unpaired) electrons. The standard InChI is InChI=1S/C20H24FN3O4S/c1-28-18-9-5-2-6-15(18)19(25)24-20(29(22,26)27,14-10-12-23-13-11-14)16-7-3-4-8-17(16)21/h2-9,14,23H,10-13H2,1H3,(H,24,25)(H2,22,26,27). The van der Waals surface area contributed by atoms with Gasteiger partial charge in [0.1, 0.15) is 11.6 Å². The van der Waals surface area contributed by atoms with Gasteiger partial charge in [-0.15, -0.1) is 0 Å². The molecule has 0 spiro atoms. The first-order valence-electron chi connectivity index (χ1n) is 9.25. The first-order chi connectivity index (χ1) is 13.8. The van der Waals surface area contributed by atoms with Gasteiger partial charge in [0.2, 0.25) is 10.0 Å². The molecule has 0 aliphatic carbocycles. The van der Waals surface area contributed by atoms with Crippen LogP contribution in [0.25, 0.3) is 0 Å². The molecule has 1 atom stereocenters. The van der Waals surface area contributed by atoms with E-state index in [9.17, 15) is 17.6 Å². The van der Waals surface area contributed by atoms with Crippen LogP contribution in [-0.4, -0.2) is 34.5 Å². The first kappa shape index (κ1) is 21.2. The van der Waals surface area contributed by atoms with Gasteiger partial charge in [-0.05, 0) is 44.1 Å². The number of primary sulfonamides is 1. The molecule has 1 heterocycles. The Morgan fingerprint density at radius 2 is 1.79 bits per heavy atom. The van der Waals surface area contributed by atoms with Crippen LogP contribution in [0.5, 0.6) is 5.75 Å². The van der Waals surface area contributed by atoms with E-state index in [4.69, 9.17) is 9.88 Å². The fourth-order valence-corrected chi connectivity index (χ4v) is 5.31. The third kappa shape index (κ3) is 3.98. The quantitative estimate of drug-likeness (QED) is 0.658. The molecule has 29 heavy (non-hydrogen) atoms. The Morgan fingerprint density at radius 1 is 1.17 bits per heavy atom. The van der Waals surface area contributed by atoms with E-state index >= 15 is 0 Å². The van der Waals surface area contributed by atoms with E-state index in [-0.39, 0.29) is 16.9 Å². The van der Waals surface area contributed by atoms with Gasteiger partial charge in [-0.2, -0.15) is 0 Å². The highest BCUT2D eigenvalue weighted by Crippen LogP contribution is 2.40. The van der Waals surface area contributed by atoms with E-state index in [1.54, 1.807) is 18.2 Å². The van der Waals surface area contributed by atoms with E-state index in [2.05, 4.69) is 10.6 Å². The second-order valence-corrected chi connectivity index (χ2v) is 8.67. The van der Waals surface area contributed by atoms with Gasteiger partial charge in [0, 0.05) is 11.5 Å². The Hall–Kier alpha value is -2.49. The van der Waals surface area contributed by atoms with Gasteiger partial charge in [0.25, 0.3) is 5.91 Å². The molecule has 4 N–H and O–H groups in total. The molecule has 1 fully saturated rings. The number of benzene rings is 2. The lowest BCUT2D eigenvalue weighted by Crippen LogP contribution is -2.60. The van der Waals surface area contributed by atoms with E-state index in [1.807, 2.05) is 0 Å². The zero-order valence-corrected chi connectivity index (χ0v) is 16.8. The second-order valence-electron chi connectivity index (χ2n) is 6.94. The average molecular weight is 421 g/mol. The summed E-state index contributed by atoms with van der Waals surface area (Å²) in [4.78, 5) is 11.1. The number of carbonyl (C=O) groups is 1. The highest BCUT2D eigenvalue weighted by atomic mass is 32.2. The maximum Gasteiger partial charge on any atom is 0.256 e. The fraction of sp³-hybridized carbons (Fsp3) is 0.350. The van der Waals surface area contributed by atoms with E-state index in [1.165, 1.54) is 31.4 Å². The molecule has 1 unspecified atom stereocenters. The first-order valence-corrected chi connectivity index (χ1v) is 10.8. The van der Waals surface area contributed by atoms with Gasteiger partial charge in [0.15, 0.2) is 4.87 Å². The molecule has 0 saturated carbocycles. The van der Waals surface area contributed by atoms with Crippen molar-refractivity contribution in [1.29, 1.82) is 0 Å². The Labute approximate surface area is 169 Å². The summed E-state index contributed by atoms with van der Waals surface area (Å²) in [6.07, 6.45) is 0.800. The van der Waals surface area contributed by atoms with Crippen LogP contribution in [0, 0.1) is 11.7 Å². The van der Waals surface area contributed by atoms with Crippen molar-refractivity contribution in [2.45, 2.75) is 17.7 Å². The van der Waals surface area contributed by atoms with Crippen molar-refractivity contribution >= 4 is 15.9 Å². The molecule has 0 bridgehead atoms. The minimum atomic E-state index is -4.46. The lowest BCUT2D eigenvalue weighted by atomic mass is 9.84. The third-order valence-corrected chi connectivity index (χ3v) is 6.84. The number of para-hydroxylation sites is 1. The Kier molecular flexibility index (Phi) is 6.21. The monoisotopic (exact) mass is 421 g/mol. The van der Waals surface area contributed by atoms with Crippen LogP contribution >= 0.6 is 0 Å². The molecule has 1 aliphatic rings. The number of hydrogen-bond donors (Lipinski definition) is 3. The number of rotatable bonds is 6. The van der Waals surface area contributed by atoms with Crippen molar-refractivity contribution in [2.24, 2.45) is 11.1 Å². The zero-order valence-electron chi connectivity index (χ0n) is 16.0. The van der Waals surface area contributed by atoms with Crippen LogP contribution in [0.15, 0.2) is 48.5 Å². The Bertz CT molecular complexity index is 993. The van der Waals surface area contributed by atoms with Gasteiger partial charge in [-0.3, -0.25) is 4.79 Å². The van der Waals surface area contributed by atoms with Crippen LogP contribution in [-0.2, 0) is 14.9 Å². The SMILES string of the molecule is COc1ccccc1C(=O)NC(c1ccccc1F)(C1CCNCC1)S(N)(=O)=O. The Balaban J connectivity index is 2.19. The molecule has 2 aromatic carbocycles. The summed E-state index contributed by atoms with van der Waals surface area (Å²) in [5, 5.41) is 11.4. The number of hydrogen-bond acceptors (Lipinski definition) is 5. The van der Waals surface area contributed by atoms with Crippen LogP contribution in [0.4, 0.5) is 4.39 Å². The van der Waals surface area contributed by atoms with Crippen LogP contribution in [0.3, 0.4) is 0 Å². The summed E-state index contributed by atoms with van der Waals surface area (Å²) in [6, 6.07) is 11.9. The number of sulfonamides is 1. The molecule has 1 aliphatic heterocycles. The molecule has 156 valence electrons. The van der Waals surface area contributed by atoms with Crippen molar-refractivity contribution in [3.05, 3.63) is 65.5 Å². The molecular weight excluding hydrogens is 397 g/mol. The summed E-state index contributed by atoms with van der Waals surface area (Å²) in [6.45, 7) is 1.06. The number of methoxy groups -OCH3 is 1. The smallest absolute Gasteiger partial charge is 0.256 e. The van der Waals surface area contributed by atoms with Crippen LogP contribution in [0.1, 0.15) is 28.8 Å². The Morgan fingerprint density at radius 3 is 2.41 bits per heavy atom. The summed E-state index contributed by atoms with van der Waals surface area (Å²) >= 11 is 0. The average Bonchev–Trinajstić information content (AvgIpc) is 2.72. The predicted molar refractivity (Wildman–Crippen MR) is 107 cm³/mol.